The monoisotopic (exact) mass is 414 g/mol. The quantitative estimate of drug-likeness (QED) is 0.569. The Bertz CT molecular complexity index is 815. The van der Waals surface area contributed by atoms with Crippen molar-refractivity contribution >= 4 is 29.4 Å². The Hall–Kier alpha value is -2.90. The number of hydrogen-bond donors (Lipinski definition) is 3. The fourth-order valence-electron chi connectivity index (χ4n) is 4.10. The van der Waals surface area contributed by atoms with Crippen molar-refractivity contribution in [2.75, 3.05) is 11.9 Å². The van der Waals surface area contributed by atoms with Gasteiger partial charge in [0.05, 0.1) is 6.04 Å². The molecule has 1 atom stereocenters. The molecule has 0 bridgehead atoms. The normalized spacial score (nSPS) is 18.4. The molecule has 3 rings (SSSR count). The number of anilines is 1. The zero-order chi connectivity index (χ0) is 21.7. The molecule has 0 radical (unpaired) electrons. The molecule has 8 heteroatoms. The minimum absolute atomic E-state index is 0.0480. The van der Waals surface area contributed by atoms with Crippen LogP contribution in [0.25, 0.3) is 0 Å². The predicted molar refractivity (Wildman–Crippen MR) is 113 cm³/mol. The van der Waals surface area contributed by atoms with Gasteiger partial charge in [0.25, 0.3) is 5.91 Å². The predicted octanol–water partition coefficient (Wildman–Crippen LogP) is 2.86. The third kappa shape index (κ3) is 4.80. The molecule has 0 aromatic heterocycles. The lowest BCUT2D eigenvalue weighted by Gasteiger charge is -2.20. The van der Waals surface area contributed by atoms with Crippen LogP contribution in [-0.2, 0) is 14.4 Å². The van der Waals surface area contributed by atoms with Gasteiger partial charge in [0, 0.05) is 25.1 Å². The van der Waals surface area contributed by atoms with Gasteiger partial charge in [0.2, 0.25) is 11.8 Å². The highest BCUT2D eigenvalue weighted by Crippen LogP contribution is 2.35. The van der Waals surface area contributed by atoms with E-state index in [1.165, 1.54) is 4.90 Å². The maximum absolute atomic E-state index is 12.6. The van der Waals surface area contributed by atoms with Crippen molar-refractivity contribution in [3.63, 3.8) is 0 Å². The summed E-state index contributed by atoms with van der Waals surface area (Å²) in [4.78, 5) is 49.8. The van der Waals surface area contributed by atoms with Crippen molar-refractivity contribution in [2.45, 2.75) is 70.4 Å². The Labute approximate surface area is 176 Å². The molecule has 2 aliphatic rings. The standard InChI is InChI=1S/C22H30N4O4/c1-3-18(27)24-17-10-8-16(9-11-17)15(2)23-19(28)7-6-14-26-20(29)22(25-21(26)30)12-4-5-13-22/h8-11,15H,3-7,12-14H2,1-2H3,(H,23,28)(H,24,27)(H,25,30). The number of nitrogens with one attached hydrogen (secondary N) is 3. The molecule has 162 valence electrons. The summed E-state index contributed by atoms with van der Waals surface area (Å²) >= 11 is 0. The number of amides is 5. The van der Waals surface area contributed by atoms with Gasteiger partial charge in [-0.1, -0.05) is 31.9 Å². The van der Waals surface area contributed by atoms with E-state index in [0.717, 1.165) is 24.1 Å². The van der Waals surface area contributed by atoms with Crippen LogP contribution < -0.4 is 16.0 Å². The van der Waals surface area contributed by atoms with E-state index < -0.39 is 5.54 Å². The number of rotatable bonds is 8. The van der Waals surface area contributed by atoms with Gasteiger partial charge in [0.15, 0.2) is 0 Å². The number of hydrogen-bond acceptors (Lipinski definition) is 4. The summed E-state index contributed by atoms with van der Waals surface area (Å²) in [5, 5.41) is 8.57. The molecule has 1 aliphatic carbocycles. The molecule has 30 heavy (non-hydrogen) atoms. The van der Waals surface area contributed by atoms with Crippen LogP contribution in [0.15, 0.2) is 24.3 Å². The molecule has 1 saturated carbocycles. The SMILES string of the molecule is CCC(=O)Nc1ccc(C(C)NC(=O)CCCN2C(=O)NC3(CCCC3)C2=O)cc1. The van der Waals surface area contributed by atoms with Gasteiger partial charge >= 0.3 is 6.03 Å². The second kappa shape index (κ2) is 9.28. The molecule has 1 aliphatic heterocycles. The van der Waals surface area contributed by atoms with Gasteiger partial charge in [-0.25, -0.2) is 4.79 Å². The molecule has 1 aromatic carbocycles. The van der Waals surface area contributed by atoms with Gasteiger partial charge in [-0.05, 0) is 43.9 Å². The number of carbonyl (C=O) groups excluding carboxylic acids is 4. The van der Waals surface area contributed by atoms with E-state index in [4.69, 9.17) is 0 Å². The lowest BCUT2D eigenvalue weighted by atomic mass is 9.98. The zero-order valence-corrected chi connectivity index (χ0v) is 17.6. The first-order valence-corrected chi connectivity index (χ1v) is 10.7. The number of urea groups is 1. The first-order valence-electron chi connectivity index (χ1n) is 10.7. The van der Waals surface area contributed by atoms with E-state index in [0.29, 0.717) is 25.7 Å². The molecule has 1 heterocycles. The molecule has 1 spiro atoms. The first kappa shape index (κ1) is 21.8. The fraction of sp³-hybridized carbons (Fsp3) is 0.545. The maximum Gasteiger partial charge on any atom is 0.325 e. The van der Waals surface area contributed by atoms with Crippen molar-refractivity contribution in [2.24, 2.45) is 0 Å². The number of imide groups is 1. The van der Waals surface area contributed by atoms with Crippen LogP contribution in [0.4, 0.5) is 10.5 Å². The molecule has 1 saturated heterocycles. The van der Waals surface area contributed by atoms with Crippen LogP contribution in [0.3, 0.4) is 0 Å². The van der Waals surface area contributed by atoms with E-state index >= 15 is 0 Å². The highest BCUT2D eigenvalue weighted by Gasteiger charge is 2.52. The van der Waals surface area contributed by atoms with E-state index in [1.807, 2.05) is 31.2 Å². The van der Waals surface area contributed by atoms with Crippen LogP contribution in [-0.4, -0.2) is 40.7 Å². The van der Waals surface area contributed by atoms with Gasteiger partial charge in [-0.15, -0.1) is 0 Å². The summed E-state index contributed by atoms with van der Waals surface area (Å²) in [5.74, 6) is -0.323. The zero-order valence-electron chi connectivity index (χ0n) is 17.6. The second-order valence-electron chi connectivity index (χ2n) is 8.09. The van der Waals surface area contributed by atoms with Gasteiger partial charge in [0.1, 0.15) is 5.54 Å². The summed E-state index contributed by atoms with van der Waals surface area (Å²) in [7, 11) is 0. The Balaban J connectivity index is 1.44. The smallest absolute Gasteiger partial charge is 0.325 e. The molecular formula is C22H30N4O4. The van der Waals surface area contributed by atoms with Crippen LogP contribution in [0, 0.1) is 0 Å². The van der Waals surface area contributed by atoms with Crippen molar-refractivity contribution in [1.29, 1.82) is 0 Å². The summed E-state index contributed by atoms with van der Waals surface area (Å²) < 4.78 is 0. The molecular weight excluding hydrogens is 384 g/mol. The molecule has 2 fully saturated rings. The largest absolute Gasteiger partial charge is 0.350 e. The number of benzene rings is 1. The molecule has 1 aromatic rings. The van der Waals surface area contributed by atoms with Gasteiger partial charge < -0.3 is 16.0 Å². The minimum Gasteiger partial charge on any atom is -0.350 e. The van der Waals surface area contributed by atoms with E-state index in [1.54, 1.807) is 6.92 Å². The molecule has 5 amide bonds. The number of nitrogens with zero attached hydrogens (tertiary/aromatic N) is 1. The minimum atomic E-state index is -0.698. The van der Waals surface area contributed by atoms with Crippen LogP contribution >= 0.6 is 0 Å². The highest BCUT2D eigenvalue weighted by molar-refractivity contribution is 6.07. The fourth-order valence-corrected chi connectivity index (χ4v) is 4.10. The van der Waals surface area contributed by atoms with E-state index in [9.17, 15) is 19.2 Å². The summed E-state index contributed by atoms with van der Waals surface area (Å²) in [6.45, 7) is 3.93. The Morgan fingerprint density at radius 3 is 2.43 bits per heavy atom. The molecule has 1 unspecified atom stereocenters. The topological polar surface area (TPSA) is 108 Å². The van der Waals surface area contributed by atoms with E-state index in [-0.39, 0.29) is 42.8 Å². The van der Waals surface area contributed by atoms with Crippen LogP contribution in [0.1, 0.15) is 70.4 Å². The van der Waals surface area contributed by atoms with Crippen LogP contribution in [0.5, 0.6) is 0 Å². The van der Waals surface area contributed by atoms with Crippen LogP contribution in [0.2, 0.25) is 0 Å². The third-order valence-corrected chi connectivity index (χ3v) is 5.88. The maximum atomic E-state index is 12.6. The Morgan fingerprint density at radius 1 is 1.13 bits per heavy atom. The Kier molecular flexibility index (Phi) is 6.74. The Morgan fingerprint density at radius 2 is 1.80 bits per heavy atom. The lowest BCUT2D eigenvalue weighted by molar-refractivity contribution is -0.131. The van der Waals surface area contributed by atoms with Crippen molar-refractivity contribution in [1.82, 2.24) is 15.5 Å². The summed E-state index contributed by atoms with van der Waals surface area (Å²) in [6.07, 6.45) is 4.38. The molecule has 8 nitrogen and oxygen atoms in total. The van der Waals surface area contributed by atoms with E-state index in [2.05, 4.69) is 16.0 Å². The third-order valence-electron chi connectivity index (χ3n) is 5.88. The van der Waals surface area contributed by atoms with Crippen molar-refractivity contribution in [3.8, 4) is 0 Å². The highest BCUT2D eigenvalue weighted by atomic mass is 16.2. The second-order valence-corrected chi connectivity index (χ2v) is 8.09. The number of carbonyl (C=O) groups is 4. The first-order chi connectivity index (χ1) is 14.3. The molecule has 3 N–H and O–H groups in total. The lowest BCUT2D eigenvalue weighted by Crippen LogP contribution is -2.44. The van der Waals surface area contributed by atoms with Gasteiger partial charge in [-0.3, -0.25) is 19.3 Å². The van der Waals surface area contributed by atoms with Crippen molar-refractivity contribution < 1.29 is 19.2 Å². The average molecular weight is 415 g/mol. The van der Waals surface area contributed by atoms with Crippen molar-refractivity contribution in [3.05, 3.63) is 29.8 Å². The summed E-state index contributed by atoms with van der Waals surface area (Å²) in [6, 6.07) is 6.82. The summed E-state index contributed by atoms with van der Waals surface area (Å²) in [5.41, 5.74) is 0.948. The van der Waals surface area contributed by atoms with Gasteiger partial charge in [-0.2, -0.15) is 0 Å². The average Bonchev–Trinajstić information content (AvgIpc) is 3.28.